The molecule has 4 heteroatoms. The molecule has 0 aliphatic carbocycles. The van der Waals surface area contributed by atoms with Gasteiger partial charge in [-0.05, 0) is 35.9 Å². The molecule has 0 aliphatic rings. The molecule has 0 bridgehead atoms. The molecule has 0 amide bonds. The van der Waals surface area contributed by atoms with Crippen LogP contribution in [0.3, 0.4) is 0 Å². The maximum Gasteiger partial charge on any atom is 0.115 e. The van der Waals surface area contributed by atoms with Crippen LogP contribution in [-0.4, -0.2) is 10.1 Å². The number of nitrogens with two attached hydrogens (primary N) is 2. The first kappa shape index (κ1) is 10.4. The molecule has 1 heterocycles. The average Bonchev–Trinajstić information content (AvgIpc) is 2.30. The van der Waals surface area contributed by atoms with Crippen molar-refractivity contribution in [2.75, 3.05) is 5.73 Å². The molecule has 4 nitrogen and oxygen atoms in total. The quantitative estimate of drug-likeness (QED) is 0.708. The first-order chi connectivity index (χ1) is 7.70. The van der Waals surface area contributed by atoms with E-state index in [4.69, 9.17) is 11.5 Å². The first-order valence-corrected chi connectivity index (χ1v) is 4.94. The molecule has 0 saturated carbocycles. The van der Waals surface area contributed by atoms with E-state index >= 15 is 0 Å². The van der Waals surface area contributed by atoms with Gasteiger partial charge in [0.25, 0.3) is 0 Å². The zero-order valence-corrected chi connectivity index (χ0v) is 8.72. The summed E-state index contributed by atoms with van der Waals surface area (Å²) in [5.41, 5.74) is 14.5. The number of aromatic hydroxyl groups is 1. The van der Waals surface area contributed by atoms with E-state index in [-0.39, 0.29) is 5.75 Å². The number of anilines is 1. The largest absolute Gasteiger partial charge is 0.508 e. The molecule has 1 aromatic carbocycles. The lowest BCUT2D eigenvalue weighted by atomic mass is 10.1. The third-order valence-corrected chi connectivity index (χ3v) is 2.35. The summed E-state index contributed by atoms with van der Waals surface area (Å²) in [7, 11) is 0. The number of hydrogen-bond donors (Lipinski definition) is 3. The van der Waals surface area contributed by atoms with Crippen molar-refractivity contribution in [1.29, 1.82) is 0 Å². The van der Waals surface area contributed by atoms with Crippen molar-refractivity contribution in [3.63, 3.8) is 0 Å². The molecule has 16 heavy (non-hydrogen) atoms. The number of phenolic OH excluding ortho intramolecular Hbond substituents is 1. The predicted molar refractivity (Wildman–Crippen MR) is 63.6 cm³/mol. The third-order valence-electron chi connectivity index (χ3n) is 2.35. The van der Waals surface area contributed by atoms with Crippen molar-refractivity contribution in [2.45, 2.75) is 6.54 Å². The van der Waals surface area contributed by atoms with Crippen LogP contribution in [0, 0.1) is 0 Å². The van der Waals surface area contributed by atoms with Crippen LogP contribution in [0.5, 0.6) is 5.75 Å². The van der Waals surface area contributed by atoms with Gasteiger partial charge in [-0.2, -0.15) is 0 Å². The minimum Gasteiger partial charge on any atom is -0.508 e. The summed E-state index contributed by atoms with van der Waals surface area (Å²) in [4.78, 5) is 4.26. The first-order valence-electron chi connectivity index (χ1n) is 4.94. The van der Waals surface area contributed by atoms with Crippen LogP contribution in [0.4, 0.5) is 5.69 Å². The summed E-state index contributed by atoms with van der Waals surface area (Å²) in [6, 6.07) is 8.57. The Bertz CT molecular complexity index is 494. The minimum atomic E-state index is 0.223. The average molecular weight is 215 g/mol. The Balaban J connectivity index is 2.44. The van der Waals surface area contributed by atoms with Gasteiger partial charge in [-0.3, -0.25) is 4.98 Å². The normalized spacial score (nSPS) is 10.3. The number of nitrogens with zero attached hydrogens (tertiary/aromatic N) is 1. The van der Waals surface area contributed by atoms with Gasteiger partial charge in [-0.1, -0.05) is 0 Å². The lowest BCUT2D eigenvalue weighted by molar-refractivity contribution is 0.475. The Hall–Kier alpha value is -2.07. The van der Waals surface area contributed by atoms with E-state index in [0.717, 1.165) is 11.1 Å². The van der Waals surface area contributed by atoms with Crippen LogP contribution in [0.2, 0.25) is 0 Å². The Morgan fingerprint density at radius 3 is 2.44 bits per heavy atom. The van der Waals surface area contributed by atoms with E-state index < -0.39 is 0 Å². The van der Waals surface area contributed by atoms with E-state index in [1.807, 2.05) is 6.07 Å². The molecule has 0 unspecified atom stereocenters. The molecule has 5 N–H and O–H groups in total. The maximum atomic E-state index is 9.19. The van der Waals surface area contributed by atoms with E-state index in [2.05, 4.69) is 4.98 Å². The SMILES string of the molecule is NCc1cnc(-c2ccc(O)cc2)c(N)c1. The maximum absolute atomic E-state index is 9.19. The fourth-order valence-electron chi connectivity index (χ4n) is 1.50. The van der Waals surface area contributed by atoms with Gasteiger partial charge in [-0.25, -0.2) is 0 Å². The summed E-state index contributed by atoms with van der Waals surface area (Å²) in [5.74, 6) is 0.223. The Morgan fingerprint density at radius 1 is 1.19 bits per heavy atom. The molecule has 82 valence electrons. The van der Waals surface area contributed by atoms with Gasteiger partial charge in [0, 0.05) is 18.3 Å². The van der Waals surface area contributed by atoms with Crippen LogP contribution >= 0.6 is 0 Å². The molecule has 2 rings (SSSR count). The lowest BCUT2D eigenvalue weighted by Crippen LogP contribution is -2.00. The number of hydrogen-bond acceptors (Lipinski definition) is 4. The molecule has 1 aromatic heterocycles. The van der Waals surface area contributed by atoms with Crippen molar-refractivity contribution < 1.29 is 5.11 Å². The van der Waals surface area contributed by atoms with Crippen LogP contribution in [-0.2, 0) is 6.54 Å². The van der Waals surface area contributed by atoms with Gasteiger partial charge in [0.15, 0.2) is 0 Å². The monoisotopic (exact) mass is 215 g/mol. The van der Waals surface area contributed by atoms with Gasteiger partial charge in [-0.15, -0.1) is 0 Å². The number of aromatic nitrogens is 1. The molecule has 0 spiro atoms. The molecular formula is C12H13N3O. The van der Waals surface area contributed by atoms with Crippen molar-refractivity contribution in [1.82, 2.24) is 4.98 Å². The molecule has 0 radical (unpaired) electrons. The second kappa shape index (κ2) is 4.20. The summed E-state index contributed by atoms with van der Waals surface area (Å²) < 4.78 is 0. The van der Waals surface area contributed by atoms with E-state index in [9.17, 15) is 5.11 Å². The standard InChI is InChI=1S/C12H13N3O/c13-6-8-5-11(14)12(15-7-8)9-1-3-10(16)4-2-9/h1-5,7,16H,6,13-14H2. The predicted octanol–water partition coefficient (Wildman–Crippen LogP) is 1.50. The van der Waals surface area contributed by atoms with E-state index in [0.29, 0.717) is 17.9 Å². The summed E-state index contributed by atoms with van der Waals surface area (Å²) >= 11 is 0. The molecule has 0 aliphatic heterocycles. The lowest BCUT2D eigenvalue weighted by Gasteiger charge is -2.06. The summed E-state index contributed by atoms with van der Waals surface area (Å²) in [6.07, 6.45) is 1.71. The number of nitrogen functional groups attached to an aromatic ring is 1. The van der Waals surface area contributed by atoms with Gasteiger partial charge in [0.2, 0.25) is 0 Å². The minimum absolute atomic E-state index is 0.223. The Morgan fingerprint density at radius 2 is 1.88 bits per heavy atom. The fraction of sp³-hybridized carbons (Fsp3) is 0.0833. The number of benzene rings is 1. The molecule has 2 aromatic rings. The topological polar surface area (TPSA) is 85.2 Å². The van der Waals surface area contributed by atoms with Gasteiger partial charge >= 0.3 is 0 Å². The number of pyridine rings is 1. The third kappa shape index (κ3) is 1.97. The smallest absolute Gasteiger partial charge is 0.115 e. The van der Waals surface area contributed by atoms with E-state index in [1.165, 1.54) is 0 Å². The molecule has 0 atom stereocenters. The Labute approximate surface area is 93.5 Å². The second-order valence-electron chi connectivity index (χ2n) is 3.53. The number of rotatable bonds is 2. The molecule has 0 fully saturated rings. The Kier molecular flexibility index (Phi) is 2.74. The van der Waals surface area contributed by atoms with Gasteiger partial charge in [0.05, 0.1) is 11.4 Å². The fourth-order valence-corrected chi connectivity index (χ4v) is 1.50. The highest BCUT2D eigenvalue weighted by Crippen LogP contribution is 2.25. The highest BCUT2D eigenvalue weighted by Gasteiger charge is 2.04. The highest BCUT2D eigenvalue weighted by molar-refractivity contribution is 5.73. The van der Waals surface area contributed by atoms with Crippen molar-refractivity contribution >= 4 is 5.69 Å². The number of phenols is 1. The summed E-state index contributed by atoms with van der Waals surface area (Å²) in [5, 5.41) is 9.19. The molecular weight excluding hydrogens is 202 g/mol. The van der Waals surface area contributed by atoms with Crippen LogP contribution in [0.1, 0.15) is 5.56 Å². The van der Waals surface area contributed by atoms with Crippen molar-refractivity contribution in [3.05, 3.63) is 42.1 Å². The van der Waals surface area contributed by atoms with Gasteiger partial charge in [0.1, 0.15) is 5.75 Å². The zero-order valence-electron chi connectivity index (χ0n) is 8.72. The van der Waals surface area contributed by atoms with Gasteiger partial charge < -0.3 is 16.6 Å². The van der Waals surface area contributed by atoms with E-state index in [1.54, 1.807) is 30.5 Å². The van der Waals surface area contributed by atoms with Crippen LogP contribution in [0.25, 0.3) is 11.3 Å². The second-order valence-corrected chi connectivity index (χ2v) is 3.53. The summed E-state index contributed by atoms with van der Waals surface area (Å²) in [6.45, 7) is 0.424. The molecule has 0 saturated heterocycles. The van der Waals surface area contributed by atoms with Crippen LogP contribution in [0.15, 0.2) is 36.5 Å². The highest BCUT2D eigenvalue weighted by atomic mass is 16.3. The van der Waals surface area contributed by atoms with Crippen molar-refractivity contribution in [2.24, 2.45) is 5.73 Å². The zero-order chi connectivity index (χ0) is 11.5. The van der Waals surface area contributed by atoms with Crippen LogP contribution < -0.4 is 11.5 Å². The van der Waals surface area contributed by atoms with Crippen molar-refractivity contribution in [3.8, 4) is 17.0 Å².